The molecule has 1 unspecified atom stereocenters. The predicted molar refractivity (Wildman–Crippen MR) is 229 cm³/mol. The molecule has 4 aromatic rings. The van der Waals surface area contributed by atoms with Gasteiger partial charge in [-0.25, -0.2) is 18.4 Å². The highest BCUT2D eigenvalue weighted by Crippen LogP contribution is 2.66. The van der Waals surface area contributed by atoms with Crippen LogP contribution >= 0.6 is 0 Å². The molecule has 0 saturated heterocycles. The van der Waals surface area contributed by atoms with E-state index < -0.39 is 15.1 Å². The van der Waals surface area contributed by atoms with Crippen LogP contribution in [0.2, 0.25) is 0 Å². The molecule has 0 spiro atoms. The van der Waals surface area contributed by atoms with Gasteiger partial charge in [-0.2, -0.15) is 0 Å². The average Bonchev–Trinajstić information content (AvgIpc) is 3.84. The number of aryl methyl sites for hydroxylation is 1. The van der Waals surface area contributed by atoms with E-state index in [1.807, 2.05) is 6.07 Å². The van der Waals surface area contributed by atoms with Crippen molar-refractivity contribution in [2.24, 2.45) is 34.5 Å². The molecule has 312 valence electrons. The van der Waals surface area contributed by atoms with E-state index in [-0.39, 0.29) is 16.8 Å². The second-order valence-corrected chi connectivity index (χ2v) is 21.5. The number of aliphatic hydroxyl groups excluding tert-OH is 1. The number of anilines is 1. The van der Waals surface area contributed by atoms with Gasteiger partial charge in [0.15, 0.2) is 27.1 Å². The summed E-state index contributed by atoms with van der Waals surface area (Å²) in [6.45, 7) is 9.40. The number of aliphatic hydroxyl groups is 1. The van der Waals surface area contributed by atoms with Gasteiger partial charge in [-0.1, -0.05) is 74.7 Å². The second kappa shape index (κ2) is 16.8. The Hall–Kier alpha value is -3.60. The van der Waals surface area contributed by atoms with E-state index in [0.29, 0.717) is 39.8 Å². The molecular weight excluding hydrogens is 745 g/mol. The standard InChI is InChI=1S/C48H64N4O5S/c1-31(2)58(54,55)37-18-15-34(16-19-37)42-30-50-46(49)45(51-42)43-29-41(52-57-43)33-13-11-32(12-14-33)10-8-6-5-7-9-27-56-44-22-21-39-38-20-17-35-28-36(53)23-25-47(35,3)40(38)24-26-48(39,44)4/h11-16,18-19,29-31,35-36,38-40,44,53H,5-10,17,20-28H2,1-4H3,(H2,49,50)/t35-,36?,38-,39-,40-,44-,47-,48-/m0/s1. The summed E-state index contributed by atoms with van der Waals surface area (Å²) >= 11 is 0. The maximum Gasteiger partial charge on any atom is 0.189 e. The number of benzene rings is 2. The predicted octanol–water partition coefficient (Wildman–Crippen LogP) is 10.5. The number of ether oxygens (including phenoxy) is 1. The smallest absolute Gasteiger partial charge is 0.189 e. The van der Waals surface area contributed by atoms with E-state index in [2.05, 4.69) is 48.3 Å². The van der Waals surface area contributed by atoms with Crippen molar-refractivity contribution in [3.8, 4) is 34.0 Å². The third-order valence-corrected chi connectivity index (χ3v) is 17.5. The summed E-state index contributed by atoms with van der Waals surface area (Å²) in [6, 6.07) is 17.0. The van der Waals surface area contributed by atoms with E-state index in [1.165, 1.54) is 76.2 Å². The van der Waals surface area contributed by atoms with Gasteiger partial charge in [0, 0.05) is 23.8 Å². The van der Waals surface area contributed by atoms with E-state index in [4.69, 9.17) is 20.0 Å². The number of nitrogens with zero attached hydrogens (tertiary/aromatic N) is 3. The van der Waals surface area contributed by atoms with Crippen molar-refractivity contribution in [3.63, 3.8) is 0 Å². The SMILES string of the molecule is CC(C)S(=O)(=O)c1ccc(-c2cnc(N)c(-c3cc(-c4ccc(CCCCCCCO[C@H]5CC[C@H]6[C@@H]7CC[C@H]8CC(O)CC[C@]8(C)[C@H]7CC[C@]56C)cc4)no3)n2)cc1. The van der Waals surface area contributed by atoms with E-state index >= 15 is 0 Å². The number of hydrogen-bond donors (Lipinski definition) is 2. The number of nitrogens with two attached hydrogens (primary N) is 1. The van der Waals surface area contributed by atoms with Gasteiger partial charge in [0.1, 0.15) is 5.69 Å². The third kappa shape index (κ3) is 8.02. The lowest BCUT2D eigenvalue weighted by molar-refractivity contribution is -0.141. The Morgan fingerprint density at radius 1 is 0.845 bits per heavy atom. The maximum absolute atomic E-state index is 12.6. The molecule has 2 heterocycles. The zero-order valence-electron chi connectivity index (χ0n) is 35.0. The fraction of sp³-hybridized carbons (Fsp3) is 0.604. The minimum absolute atomic E-state index is 0.0653. The van der Waals surface area contributed by atoms with Crippen LogP contribution in [0.3, 0.4) is 0 Å². The molecule has 8 rings (SSSR count). The van der Waals surface area contributed by atoms with Crippen LogP contribution in [0.4, 0.5) is 5.82 Å². The lowest BCUT2D eigenvalue weighted by Gasteiger charge is -2.60. The number of unbranched alkanes of at least 4 members (excludes halogenated alkanes) is 4. The van der Waals surface area contributed by atoms with Gasteiger partial charge in [0.05, 0.1) is 34.2 Å². The quantitative estimate of drug-likeness (QED) is 0.119. The second-order valence-electron chi connectivity index (χ2n) is 19.0. The number of sulfone groups is 1. The maximum atomic E-state index is 12.6. The Morgan fingerprint density at radius 3 is 2.31 bits per heavy atom. The van der Waals surface area contributed by atoms with Crippen LogP contribution in [0.25, 0.3) is 34.0 Å². The van der Waals surface area contributed by atoms with Crippen LogP contribution < -0.4 is 5.73 Å². The normalized spacial score (nSPS) is 29.6. The zero-order valence-corrected chi connectivity index (χ0v) is 35.9. The molecule has 4 saturated carbocycles. The molecule has 2 aromatic carbocycles. The highest BCUT2D eigenvalue weighted by atomic mass is 32.2. The largest absolute Gasteiger partial charge is 0.393 e. The third-order valence-electron chi connectivity index (χ3n) is 15.4. The average molecular weight is 809 g/mol. The minimum Gasteiger partial charge on any atom is -0.393 e. The summed E-state index contributed by atoms with van der Waals surface area (Å²) in [7, 11) is -3.37. The summed E-state index contributed by atoms with van der Waals surface area (Å²) in [4.78, 5) is 9.31. The first-order valence-corrected chi connectivity index (χ1v) is 23.7. The van der Waals surface area contributed by atoms with Crippen LogP contribution in [-0.4, -0.2) is 52.7 Å². The number of aromatic nitrogens is 3. The zero-order chi connectivity index (χ0) is 40.7. The molecule has 3 N–H and O–H groups in total. The molecule has 0 bridgehead atoms. The van der Waals surface area contributed by atoms with Crippen molar-refractivity contribution in [2.45, 2.75) is 146 Å². The van der Waals surface area contributed by atoms with Gasteiger partial charge in [-0.05, 0) is 143 Å². The monoisotopic (exact) mass is 808 g/mol. The molecule has 10 heteroatoms. The molecule has 2 aromatic heterocycles. The van der Waals surface area contributed by atoms with Crippen LogP contribution in [-0.2, 0) is 21.0 Å². The van der Waals surface area contributed by atoms with Crippen molar-refractivity contribution in [1.29, 1.82) is 0 Å². The number of nitrogen functional groups attached to an aromatic ring is 1. The summed E-state index contributed by atoms with van der Waals surface area (Å²) in [5, 5.41) is 14.2. The van der Waals surface area contributed by atoms with Crippen molar-refractivity contribution in [3.05, 3.63) is 66.4 Å². The van der Waals surface area contributed by atoms with Gasteiger partial charge in [-0.3, -0.25) is 0 Å². The lowest BCUT2D eigenvalue weighted by atomic mass is 9.45. The fourth-order valence-electron chi connectivity index (χ4n) is 11.8. The Morgan fingerprint density at radius 2 is 1.53 bits per heavy atom. The van der Waals surface area contributed by atoms with Gasteiger partial charge in [0.25, 0.3) is 0 Å². The molecule has 9 nitrogen and oxygen atoms in total. The molecule has 0 amide bonds. The van der Waals surface area contributed by atoms with Gasteiger partial charge >= 0.3 is 0 Å². The van der Waals surface area contributed by atoms with Crippen molar-refractivity contribution in [2.75, 3.05) is 12.3 Å². The molecule has 4 fully saturated rings. The lowest BCUT2D eigenvalue weighted by Crippen LogP contribution is -2.54. The Balaban J connectivity index is 0.764. The first-order valence-electron chi connectivity index (χ1n) is 22.2. The summed E-state index contributed by atoms with van der Waals surface area (Å²) in [6.07, 6.45) is 20.2. The summed E-state index contributed by atoms with van der Waals surface area (Å²) in [5.41, 5.74) is 11.6. The summed E-state index contributed by atoms with van der Waals surface area (Å²) in [5.74, 6) is 3.89. The van der Waals surface area contributed by atoms with E-state index in [0.717, 1.165) is 67.1 Å². The Labute approximate surface area is 345 Å². The van der Waals surface area contributed by atoms with E-state index in [1.54, 1.807) is 44.3 Å². The fourth-order valence-corrected chi connectivity index (χ4v) is 12.9. The molecule has 4 aliphatic carbocycles. The number of hydrogen-bond acceptors (Lipinski definition) is 9. The Bertz CT molecular complexity index is 2140. The van der Waals surface area contributed by atoms with Crippen molar-refractivity contribution in [1.82, 2.24) is 15.1 Å². The first kappa shape index (κ1) is 41.1. The highest BCUT2D eigenvalue weighted by Gasteiger charge is 2.60. The molecule has 0 radical (unpaired) electrons. The topological polar surface area (TPSA) is 141 Å². The van der Waals surface area contributed by atoms with Gasteiger partial charge < -0.3 is 20.1 Å². The van der Waals surface area contributed by atoms with Crippen molar-refractivity contribution >= 4 is 15.7 Å². The van der Waals surface area contributed by atoms with Crippen LogP contribution in [0, 0.1) is 34.5 Å². The van der Waals surface area contributed by atoms with Crippen LogP contribution in [0.1, 0.15) is 123 Å². The molecule has 4 aliphatic rings. The number of fused-ring (bicyclic) bond motifs is 5. The van der Waals surface area contributed by atoms with Crippen LogP contribution in [0.15, 0.2) is 70.2 Å². The van der Waals surface area contributed by atoms with Gasteiger partial charge in [-0.15, -0.1) is 0 Å². The van der Waals surface area contributed by atoms with Crippen molar-refractivity contribution < 1.29 is 22.8 Å². The van der Waals surface area contributed by atoms with Crippen LogP contribution in [0.5, 0.6) is 0 Å². The minimum atomic E-state index is -3.37. The first-order chi connectivity index (χ1) is 27.9. The molecule has 58 heavy (non-hydrogen) atoms. The summed E-state index contributed by atoms with van der Waals surface area (Å²) < 4.78 is 37.5. The molecular formula is C48H64N4O5S. The highest BCUT2D eigenvalue weighted by molar-refractivity contribution is 7.92. The van der Waals surface area contributed by atoms with E-state index in [9.17, 15) is 13.5 Å². The number of rotatable bonds is 14. The molecule has 0 aliphatic heterocycles. The Kier molecular flexibility index (Phi) is 11.9. The molecule has 8 atom stereocenters. The van der Waals surface area contributed by atoms with Gasteiger partial charge in [0.2, 0.25) is 0 Å².